The first-order chi connectivity index (χ1) is 10.1. The van der Waals surface area contributed by atoms with Gasteiger partial charge in [0.25, 0.3) is 5.56 Å². The minimum Gasteiger partial charge on any atom is -0.306 e. The third kappa shape index (κ3) is 3.15. The van der Waals surface area contributed by atoms with Crippen LogP contribution in [0, 0.1) is 0 Å². The van der Waals surface area contributed by atoms with Crippen molar-refractivity contribution in [2.75, 3.05) is 0 Å². The third-order valence-electron chi connectivity index (χ3n) is 2.95. The van der Waals surface area contributed by atoms with Gasteiger partial charge in [0.1, 0.15) is 5.82 Å². The zero-order chi connectivity index (χ0) is 14.8. The smallest absolute Gasteiger partial charge is 0.251 e. The molecule has 1 heterocycles. The maximum absolute atomic E-state index is 11.9. The normalized spacial score (nSPS) is 10.6. The summed E-state index contributed by atoms with van der Waals surface area (Å²) in [5.74, 6) is 0.436. The highest BCUT2D eigenvalue weighted by molar-refractivity contribution is 6.35. The summed E-state index contributed by atoms with van der Waals surface area (Å²) >= 11 is 12.0. The summed E-state index contributed by atoms with van der Waals surface area (Å²) in [6.07, 6.45) is 0. The van der Waals surface area contributed by atoms with E-state index in [-0.39, 0.29) is 5.56 Å². The van der Waals surface area contributed by atoms with Crippen molar-refractivity contribution < 1.29 is 0 Å². The van der Waals surface area contributed by atoms with Gasteiger partial charge in [0.2, 0.25) is 0 Å². The quantitative estimate of drug-likeness (QED) is 0.761. The van der Waals surface area contributed by atoms with Crippen molar-refractivity contribution in [2.45, 2.75) is 0 Å². The lowest BCUT2D eigenvalue weighted by Gasteiger charge is -2.06. The molecule has 3 aromatic rings. The second-order valence-corrected chi connectivity index (χ2v) is 5.38. The topological polar surface area (TPSA) is 45.8 Å². The molecule has 0 unspecified atom stereocenters. The van der Waals surface area contributed by atoms with Crippen LogP contribution < -0.4 is 5.56 Å². The zero-order valence-electron chi connectivity index (χ0n) is 10.8. The number of H-pyrrole nitrogens is 1. The van der Waals surface area contributed by atoms with Crippen molar-refractivity contribution in [3.8, 4) is 22.6 Å². The van der Waals surface area contributed by atoms with Crippen molar-refractivity contribution in [3.05, 3.63) is 75.0 Å². The molecule has 0 atom stereocenters. The lowest BCUT2D eigenvalue weighted by molar-refractivity contribution is 1.13. The molecule has 2 aromatic carbocycles. The van der Waals surface area contributed by atoms with Crippen LogP contribution in [0.2, 0.25) is 10.0 Å². The highest BCUT2D eigenvalue weighted by Gasteiger charge is 2.07. The molecular formula is C16H10Cl2N2O. The first-order valence-corrected chi connectivity index (χ1v) is 7.01. The van der Waals surface area contributed by atoms with Crippen LogP contribution in [0.5, 0.6) is 0 Å². The van der Waals surface area contributed by atoms with E-state index in [9.17, 15) is 4.79 Å². The second-order valence-electron chi connectivity index (χ2n) is 4.50. The first kappa shape index (κ1) is 13.9. The number of aromatic nitrogens is 2. The average molecular weight is 317 g/mol. The number of hydrogen-bond acceptors (Lipinski definition) is 2. The molecule has 0 fully saturated rings. The highest BCUT2D eigenvalue weighted by Crippen LogP contribution is 2.25. The molecule has 0 radical (unpaired) electrons. The Bertz CT molecular complexity index is 824. The van der Waals surface area contributed by atoms with Crippen molar-refractivity contribution >= 4 is 23.2 Å². The molecule has 0 spiro atoms. The largest absolute Gasteiger partial charge is 0.306 e. The molecule has 1 N–H and O–H groups in total. The van der Waals surface area contributed by atoms with Crippen LogP contribution in [0.3, 0.4) is 0 Å². The van der Waals surface area contributed by atoms with Crippen LogP contribution in [0.4, 0.5) is 0 Å². The van der Waals surface area contributed by atoms with Gasteiger partial charge in [0.05, 0.1) is 5.69 Å². The van der Waals surface area contributed by atoms with Gasteiger partial charge in [0.15, 0.2) is 0 Å². The molecule has 0 saturated carbocycles. The SMILES string of the molecule is O=c1cc(-c2ccccc2)nc(-c2cc(Cl)cc(Cl)c2)[nH]1. The van der Waals surface area contributed by atoms with Crippen molar-refractivity contribution in [3.63, 3.8) is 0 Å². The van der Waals surface area contributed by atoms with Gasteiger partial charge in [-0.05, 0) is 18.2 Å². The summed E-state index contributed by atoms with van der Waals surface area (Å²) in [5.41, 5.74) is 1.92. The fraction of sp³-hybridized carbons (Fsp3) is 0. The van der Waals surface area contributed by atoms with Gasteiger partial charge in [-0.1, -0.05) is 53.5 Å². The minimum atomic E-state index is -0.227. The Morgan fingerprint density at radius 2 is 1.52 bits per heavy atom. The predicted octanol–water partition coefficient (Wildman–Crippen LogP) is 4.41. The Morgan fingerprint density at radius 3 is 2.19 bits per heavy atom. The van der Waals surface area contributed by atoms with E-state index in [4.69, 9.17) is 23.2 Å². The summed E-state index contributed by atoms with van der Waals surface area (Å²) in [4.78, 5) is 19.1. The van der Waals surface area contributed by atoms with Crippen LogP contribution in [0.1, 0.15) is 0 Å². The minimum absolute atomic E-state index is 0.227. The molecule has 0 aliphatic heterocycles. The molecule has 104 valence electrons. The van der Waals surface area contributed by atoms with Gasteiger partial charge in [-0.3, -0.25) is 4.79 Å². The molecule has 3 nitrogen and oxygen atoms in total. The van der Waals surface area contributed by atoms with E-state index >= 15 is 0 Å². The number of nitrogens with one attached hydrogen (secondary N) is 1. The second kappa shape index (κ2) is 5.72. The molecule has 0 aliphatic rings. The summed E-state index contributed by atoms with van der Waals surface area (Å²) in [5, 5.41) is 0.982. The predicted molar refractivity (Wildman–Crippen MR) is 85.7 cm³/mol. The molecule has 3 rings (SSSR count). The molecule has 5 heteroatoms. The van der Waals surface area contributed by atoms with E-state index in [0.717, 1.165) is 5.56 Å². The Labute approximate surface area is 131 Å². The zero-order valence-corrected chi connectivity index (χ0v) is 12.3. The molecular weight excluding hydrogens is 307 g/mol. The maximum atomic E-state index is 11.9. The van der Waals surface area contributed by atoms with Crippen molar-refractivity contribution in [2.24, 2.45) is 0 Å². The summed E-state index contributed by atoms with van der Waals surface area (Å²) < 4.78 is 0. The van der Waals surface area contributed by atoms with Gasteiger partial charge < -0.3 is 4.98 Å². The number of benzene rings is 2. The van der Waals surface area contributed by atoms with Crippen LogP contribution in [0.25, 0.3) is 22.6 Å². The van der Waals surface area contributed by atoms with Crippen LogP contribution in [0.15, 0.2) is 59.4 Å². The Balaban J connectivity index is 2.16. The number of aromatic amines is 1. The Kier molecular flexibility index (Phi) is 3.78. The van der Waals surface area contributed by atoms with Gasteiger partial charge in [-0.25, -0.2) is 4.98 Å². The van der Waals surface area contributed by atoms with Gasteiger partial charge in [0, 0.05) is 27.2 Å². The van der Waals surface area contributed by atoms with E-state index < -0.39 is 0 Å². The molecule has 0 amide bonds. The van der Waals surface area contributed by atoms with Crippen LogP contribution in [-0.4, -0.2) is 9.97 Å². The van der Waals surface area contributed by atoms with Crippen LogP contribution >= 0.6 is 23.2 Å². The lowest BCUT2D eigenvalue weighted by Crippen LogP contribution is -2.08. The Morgan fingerprint density at radius 1 is 0.857 bits per heavy atom. The molecule has 0 saturated heterocycles. The van der Waals surface area contributed by atoms with Crippen LogP contribution in [-0.2, 0) is 0 Å². The fourth-order valence-electron chi connectivity index (χ4n) is 2.04. The maximum Gasteiger partial charge on any atom is 0.251 e. The van der Waals surface area contributed by atoms with E-state index in [1.54, 1.807) is 18.2 Å². The Hall–Kier alpha value is -2.10. The van der Waals surface area contributed by atoms with Crippen molar-refractivity contribution in [1.82, 2.24) is 9.97 Å². The highest BCUT2D eigenvalue weighted by atomic mass is 35.5. The number of hydrogen-bond donors (Lipinski definition) is 1. The van der Waals surface area contributed by atoms with Gasteiger partial charge in [-0.2, -0.15) is 0 Å². The van der Waals surface area contributed by atoms with E-state index in [1.165, 1.54) is 6.07 Å². The van der Waals surface area contributed by atoms with E-state index in [1.807, 2.05) is 30.3 Å². The van der Waals surface area contributed by atoms with Crippen molar-refractivity contribution in [1.29, 1.82) is 0 Å². The number of rotatable bonds is 2. The summed E-state index contributed by atoms with van der Waals surface area (Å²) in [6, 6.07) is 16.0. The number of halogens is 2. The lowest BCUT2D eigenvalue weighted by atomic mass is 10.1. The number of nitrogens with zero attached hydrogens (tertiary/aromatic N) is 1. The average Bonchev–Trinajstić information content (AvgIpc) is 2.46. The first-order valence-electron chi connectivity index (χ1n) is 6.25. The summed E-state index contributed by atoms with van der Waals surface area (Å²) in [7, 11) is 0. The summed E-state index contributed by atoms with van der Waals surface area (Å²) in [6.45, 7) is 0. The molecule has 0 bridgehead atoms. The fourth-order valence-corrected chi connectivity index (χ4v) is 2.57. The van der Waals surface area contributed by atoms with E-state index in [0.29, 0.717) is 27.1 Å². The molecule has 1 aromatic heterocycles. The standard InChI is InChI=1S/C16H10Cl2N2O/c17-12-6-11(7-13(18)8-12)16-19-14(9-15(21)20-16)10-4-2-1-3-5-10/h1-9H,(H,19,20,21). The monoisotopic (exact) mass is 316 g/mol. The molecule has 0 aliphatic carbocycles. The van der Waals surface area contributed by atoms with Gasteiger partial charge in [-0.15, -0.1) is 0 Å². The molecule has 21 heavy (non-hydrogen) atoms. The van der Waals surface area contributed by atoms with E-state index in [2.05, 4.69) is 9.97 Å². The van der Waals surface area contributed by atoms with Gasteiger partial charge >= 0.3 is 0 Å². The third-order valence-corrected chi connectivity index (χ3v) is 3.38.